The van der Waals surface area contributed by atoms with Gasteiger partial charge >= 0.3 is 0 Å². The molecule has 1 saturated heterocycles. The van der Waals surface area contributed by atoms with Gasteiger partial charge in [0.05, 0.1) is 6.20 Å². The summed E-state index contributed by atoms with van der Waals surface area (Å²) in [5, 5.41) is 14.3. The van der Waals surface area contributed by atoms with E-state index in [9.17, 15) is 0 Å². The average Bonchev–Trinajstić information content (AvgIpc) is 3.16. The molecular weight excluding hydrogens is 308 g/mol. The number of hydrogen-bond donors (Lipinski definition) is 0. The molecule has 23 heavy (non-hydrogen) atoms. The number of piperidine rings is 1. The van der Waals surface area contributed by atoms with Crippen LogP contribution in [0, 0.1) is 5.92 Å². The van der Waals surface area contributed by atoms with Crippen LogP contribution in [0.25, 0.3) is 0 Å². The van der Waals surface area contributed by atoms with Gasteiger partial charge < -0.3 is 4.90 Å². The van der Waals surface area contributed by atoms with Crippen LogP contribution in [0.4, 0.5) is 5.95 Å². The fraction of sp³-hybridized carbons (Fsp3) is 0.688. The summed E-state index contributed by atoms with van der Waals surface area (Å²) < 4.78 is 4.23. The molecule has 0 radical (unpaired) electrons. The Labute approximate surface area is 141 Å². The Morgan fingerprint density at radius 2 is 1.96 bits per heavy atom. The van der Waals surface area contributed by atoms with Crippen LogP contribution >= 0.6 is 11.8 Å². The Morgan fingerprint density at radius 1 is 1.17 bits per heavy atom. The van der Waals surface area contributed by atoms with Gasteiger partial charge in [-0.2, -0.15) is 5.10 Å². The van der Waals surface area contributed by atoms with E-state index < -0.39 is 0 Å². The Bertz CT molecular complexity index is 666. The van der Waals surface area contributed by atoms with Crippen molar-refractivity contribution >= 4 is 17.7 Å². The summed E-state index contributed by atoms with van der Waals surface area (Å²) in [6, 6.07) is 0.607. The molecule has 4 rings (SSSR count). The molecule has 0 spiro atoms. The Kier molecular flexibility index (Phi) is 4.05. The molecule has 0 amide bonds. The molecule has 0 N–H and O–H groups in total. The van der Waals surface area contributed by atoms with E-state index in [0.717, 1.165) is 35.9 Å². The quantitative estimate of drug-likeness (QED) is 0.788. The van der Waals surface area contributed by atoms with Crippen molar-refractivity contribution in [1.82, 2.24) is 24.5 Å². The lowest BCUT2D eigenvalue weighted by atomic mass is 10.00. The van der Waals surface area contributed by atoms with E-state index in [0.29, 0.717) is 6.04 Å². The molecule has 0 aromatic carbocycles. The largest absolute Gasteiger partial charge is 0.341 e. The highest BCUT2D eigenvalue weighted by Gasteiger charge is 2.32. The van der Waals surface area contributed by atoms with Gasteiger partial charge in [-0.3, -0.25) is 9.25 Å². The number of hydrogen-bond acceptors (Lipinski definition) is 5. The summed E-state index contributed by atoms with van der Waals surface area (Å²) >= 11 is 1.78. The van der Waals surface area contributed by atoms with Crippen molar-refractivity contribution in [2.45, 2.75) is 49.6 Å². The molecule has 1 aliphatic carbocycles. The molecule has 2 fully saturated rings. The zero-order valence-electron chi connectivity index (χ0n) is 13.9. The van der Waals surface area contributed by atoms with Gasteiger partial charge in [0, 0.05) is 43.7 Å². The van der Waals surface area contributed by atoms with Gasteiger partial charge in [-0.1, -0.05) is 18.7 Å². The van der Waals surface area contributed by atoms with Gasteiger partial charge in [-0.15, -0.1) is 10.2 Å². The topological polar surface area (TPSA) is 51.8 Å². The molecule has 3 heterocycles. The third kappa shape index (κ3) is 3.24. The average molecular weight is 332 g/mol. The molecule has 6 nitrogen and oxygen atoms in total. The summed E-state index contributed by atoms with van der Waals surface area (Å²) in [4.78, 5) is 2.43. The summed E-state index contributed by atoms with van der Waals surface area (Å²) in [5.41, 5.74) is 1.23. The highest BCUT2D eigenvalue weighted by molar-refractivity contribution is 7.98. The smallest absolute Gasteiger partial charge is 0.228 e. The van der Waals surface area contributed by atoms with Crippen molar-refractivity contribution in [2.75, 3.05) is 18.0 Å². The predicted octanol–water partition coefficient (Wildman–Crippen LogP) is 2.88. The van der Waals surface area contributed by atoms with Crippen LogP contribution in [0.2, 0.25) is 0 Å². The van der Waals surface area contributed by atoms with E-state index in [1.807, 2.05) is 17.9 Å². The number of thioether (sulfide) groups is 1. The van der Waals surface area contributed by atoms with E-state index in [2.05, 4.69) is 37.9 Å². The summed E-state index contributed by atoms with van der Waals surface area (Å²) in [7, 11) is 1.95. The zero-order chi connectivity index (χ0) is 15.8. The van der Waals surface area contributed by atoms with E-state index in [-0.39, 0.29) is 0 Å². The zero-order valence-corrected chi connectivity index (χ0v) is 14.7. The molecule has 0 atom stereocenters. The number of anilines is 1. The molecule has 7 heteroatoms. The molecular formula is C16H24N6S. The van der Waals surface area contributed by atoms with Crippen LogP contribution in [0.15, 0.2) is 17.6 Å². The highest BCUT2D eigenvalue weighted by atomic mass is 32.2. The van der Waals surface area contributed by atoms with Crippen LogP contribution < -0.4 is 4.90 Å². The van der Waals surface area contributed by atoms with Crippen molar-refractivity contribution < 1.29 is 0 Å². The maximum atomic E-state index is 4.54. The molecule has 2 aliphatic rings. The Morgan fingerprint density at radius 3 is 2.61 bits per heavy atom. The minimum atomic E-state index is 0.607. The van der Waals surface area contributed by atoms with Crippen molar-refractivity contribution in [3.63, 3.8) is 0 Å². The lowest BCUT2D eigenvalue weighted by Gasteiger charge is -2.31. The number of nitrogens with zero attached hydrogens (tertiary/aromatic N) is 6. The summed E-state index contributed by atoms with van der Waals surface area (Å²) in [6.45, 7) is 4.57. The maximum Gasteiger partial charge on any atom is 0.228 e. The maximum absolute atomic E-state index is 4.54. The number of aromatic nitrogens is 5. The first-order valence-electron chi connectivity index (χ1n) is 8.51. The van der Waals surface area contributed by atoms with E-state index in [1.54, 1.807) is 11.8 Å². The van der Waals surface area contributed by atoms with Gasteiger partial charge in [-0.05, 0) is 31.6 Å². The predicted molar refractivity (Wildman–Crippen MR) is 91.7 cm³/mol. The molecule has 124 valence electrons. The fourth-order valence-electron chi connectivity index (χ4n) is 3.14. The SMILES string of the molecule is CC1CCN(c2nnc(SCc3cnn(C)c3)n2C2CC2)CC1. The van der Waals surface area contributed by atoms with Crippen LogP contribution in [0.1, 0.15) is 44.2 Å². The van der Waals surface area contributed by atoms with Gasteiger partial charge in [-0.25, -0.2) is 0 Å². The lowest BCUT2D eigenvalue weighted by molar-refractivity contribution is 0.429. The van der Waals surface area contributed by atoms with Crippen LogP contribution in [0.3, 0.4) is 0 Å². The first kappa shape index (κ1) is 15.1. The summed E-state index contributed by atoms with van der Waals surface area (Å²) in [5.74, 6) is 2.83. The van der Waals surface area contributed by atoms with Crippen LogP contribution in [-0.2, 0) is 12.8 Å². The monoisotopic (exact) mass is 332 g/mol. The van der Waals surface area contributed by atoms with Crippen molar-refractivity contribution in [2.24, 2.45) is 13.0 Å². The van der Waals surface area contributed by atoms with E-state index in [4.69, 9.17) is 0 Å². The highest BCUT2D eigenvalue weighted by Crippen LogP contribution is 2.41. The summed E-state index contributed by atoms with van der Waals surface area (Å²) in [6.07, 6.45) is 9.03. The van der Waals surface area contributed by atoms with Crippen molar-refractivity contribution in [1.29, 1.82) is 0 Å². The minimum absolute atomic E-state index is 0.607. The van der Waals surface area contributed by atoms with Gasteiger partial charge in [0.25, 0.3) is 0 Å². The Hall–Kier alpha value is -1.50. The van der Waals surface area contributed by atoms with Gasteiger partial charge in [0.2, 0.25) is 5.95 Å². The standard InChI is InChI=1S/C16H24N6S/c1-12-5-7-21(8-6-12)15-18-19-16(22(15)14-3-4-14)23-11-13-9-17-20(2)10-13/h9-10,12,14H,3-8,11H2,1-2H3. The second kappa shape index (κ2) is 6.19. The van der Waals surface area contributed by atoms with E-state index in [1.165, 1.54) is 31.2 Å². The first-order chi connectivity index (χ1) is 11.2. The van der Waals surface area contributed by atoms with Crippen LogP contribution in [-0.4, -0.2) is 37.6 Å². The molecule has 1 saturated carbocycles. The number of aryl methyl sites for hydroxylation is 1. The fourth-order valence-corrected chi connectivity index (χ4v) is 4.05. The lowest BCUT2D eigenvalue weighted by Crippen LogP contribution is -2.34. The van der Waals surface area contributed by atoms with E-state index >= 15 is 0 Å². The van der Waals surface area contributed by atoms with Gasteiger partial charge in [0.1, 0.15) is 0 Å². The van der Waals surface area contributed by atoms with Crippen molar-refractivity contribution in [3.8, 4) is 0 Å². The number of rotatable bonds is 5. The van der Waals surface area contributed by atoms with Crippen LogP contribution in [0.5, 0.6) is 0 Å². The third-order valence-corrected chi connectivity index (χ3v) is 5.77. The minimum Gasteiger partial charge on any atom is -0.341 e. The molecule has 0 bridgehead atoms. The van der Waals surface area contributed by atoms with Crippen molar-refractivity contribution in [3.05, 3.63) is 18.0 Å². The van der Waals surface area contributed by atoms with Gasteiger partial charge in [0.15, 0.2) is 5.16 Å². The first-order valence-corrected chi connectivity index (χ1v) is 9.49. The molecule has 2 aromatic heterocycles. The third-order valence-electron chi connectivity index (χ3n) is 4.75. The second-order valence-corrected chi connectivity index (χ2v) is 7.81. The molecule has 1 aliphatic heterocycles. The Balaban J connectivity index is 1.51. The molecule has 2 aromatic rings. The normalized spacial score (nSPS) is 19.5. The second-order valence-electron chi connectivity index (χ2n) is 6.86. The molecule has 0 unspecified atom stereocenters.